The molecule has 2 aromatic heterocycles. The number of hydrogen-bond donors (Lipinski definition) is 3. The molecule has 17 heteroatoms. The lowest BCUT2D eigenvalue weighted by atomic mass is 9.43. The second kappa shape index (κ2) is 23.9. The molecule has 8 aliphatic carbocycles. The third-order valence-electron chi connectivity index (χ3n) is 22.3. The van der Waals surface area contributed by atoms with E-state index < -0.39 is 22.8 Å². The summed E-state index contributed by atoms with van der Waals surface area (Å²) in [6.07, 6.45) is 19.5. The van der Waals surface area contributed by atoms with Crippen LogP contribution in [0.1, 0.15) is 166 Å². The summed E-state index contributed by atoms with van der Waals surface area (Å²) in [5.74, 6) is 4.71. The van der Waals surface area contributed by atoms with Crippen molar-refractivity contribution in [3.8, 4) is 0 Å². The number of H-pyrrole nitrogens is 1. The SMILES string of the molecule is C.C.C.COC[C@]12CC[C@@](C)(O)C[C@@H]1CC[C@H]1[C@@H]3CC[C@H](C(=O)CBr)[C@@]3(C)CC[C@@H]12.COC[C@]12CC[C@@](C)(O)C[C@@H]1CC[C@H]1[C@@H]3CC[C@H](C(=O)Cn4nnc5c(F)c(Cl)ccc54)[C@@]3(C)CC[C@@H]12.Fc1c(Cl)ccc2n[nH]nc12. The molecule has 0 amide bonds. The summed E-state index contributed by atoms with van der Waals surface area (Å²) in [5.41, 5.74) is 0.783. The number of aromatic nitrogens is 6. The Morgan fingerprint density at radius 1 is 0.654 bits per heavy atom. The van der Waals surface area contributed by atoms with E-state index in [-0.39, 0.29) is 89.2 Å². The van der Waals surface area contributed by atoms with Crippen LogP contribution in [0.25, 0.3) is 22.1 Å². The molecule has 0 saturated heterocycles. The van der Waals surface area contributed by atoms with Gasteiger partial charge in [-0.2, -0.15) is 15.4 Å². The highest BCUT2D eigenvalue weighted by molar-refractivity contribution is 9.09. The largest absolute Gasteiger partial charge is 0.390 e. The lowest BCUT2D eigenvalue weighted by Gasteiger charge is -2.62. The first-order valence-corrected chi connectivity index (χ1v) is 29.9. The number of benzene rings is 2. The number of rotatable bonds is 9. The molecule has 0 aliphatic heterocycles. The second-order valence-electron chi connectivity index (χ2n) is 26.0. The lowest BCUT2D eigenvalue weighted by Crippen LogP contribution is -2.58. The summed E-state index contributed by atoms with van der Waals surface area (Å²) in [4.78, 5) is 26.3. The topological polar surface area (TPSA) is 165 Å². The van der Waals surface area contributed by atoms with Crippen LogP contribution < -0.4 is 0 Å². The fourth-order valence-electron chi connectivity index (χ4n) is 18.9. The molecule has 3 N–H and O–H groups in total. The van der Waals surface area contributed by atoms with Gasteiger partial charge in [0.15, 0.2) is 17.4 Å². The van der Waals surface area contributed by atoms with E-state index in [0.29, 0.717) is 63.6 Å². The van der Waals surface area contributed by atoms with Crippen LogP contribution in [0.3, 0.4) is 0 Å². The minimum atomic E-state index is -0.589. The molecule has 0 bridgehead atoms. The molecule has 16 atom stereocenters. The Morgan fingerprint density at radius 2 is 1.14 bits per heavy atom. The van der Waals surface area contributed by atoms with E-state index in [0.717, 1.165) is 96.2 Å². The second-order valence-corrected chi connectivity index (χ2v) is 27.4. The molecule has 12 rings (SSSR count). The number of ketones is 2. The number of halogens is 5. The number of ether oxygens (including phenoxy) is 2. The third-order valence-corrected chi connectivity index (χ3v) is 23.4. The Labute approximate surface area is 481 Å². The van der Waals surface area contributed by atoms with Gasteiger partial charge in [0.25, 0.3) is 0 Å². The van der Waals surface area contributed by atoms with Gasteiger partial charge in [0.05, 0.1) is 45.3 Å². The molecule has 436 valence electrons. The van der Waals surface area contributed by atoms with E-state index in [1.165, 1.54) is 55.3 Å². The smallest absolute Gasteiger partial charge is 0.171 e. The van der Waals surface area contributed by atoms with Crippen molar-refractivity contribution in [3.63, 3.8) is 0 Å². The number of alkyl halides is 1. The third kappa shape index (κ3) is 10.8. The van der Waals surface area contributed by atoms with E-state index in [4.69, 9.17) is 32.7 Å². The van der Waals surface area contributed by atoms with Gasteiger partial charge in [-0.1, -0.05) is 80.5 Å². The quantitative estimate of drug-likeness (QED) is 0.137. The van der Waals surface area contributed by atoms with Gasteiger partial charge in [0, 0.05) is 26.1 Å². The van der Waals surface area contributed by atoms with Crippen LogP contribution in [0.5, 0.6) is 0 Å². The molecule has 12 nitrogen and oxygen atoms in total. The molecule has 4 aromatic rings. The molecule has 0 radical (unpaired) electrons. The summed E-state index contributed by atoms with van der Waals surface area (Å²) in [6, 6.07) is 6.23. The number of fused-ring (bicyclic) bond motifs is 12. The van der Waals surface area contributed by atoms with Crippen molar-refractivity contribution in [2.45, 2.75) is 183 Å². The number of aliphatic hydroxyl groups is 2. The molecular formula is C61H91BrCl2F2N6O6. The predicted molar refractivity (Wildman–Crippen MR) is 309 cm³/mol. The predicted octanol–water partition coefficient (Wildman–Crippen LogP) is 14.5. The first-order valence-electron chi connectivity index (χ1n) is 28.0. The van der Waals surface area contributed by atoms with Crippen molar-refractivity contribution in [2.75, 3.05) is 32.8 Å². The molecule has 8 aliphatic rings. The number of nitrogens with one attached hydrogen (secondary N) is 1. The standard InChI is InChI=1S/C29H39ClFN3O3.C23H37BrO3.C6H3ClFN3.3CH4/c1-27(36)12-13-29(16-37-3)17(14-27)4-5-18-19-6-7-21(28(19,2)11-10-20(18)29)24(35)15-34-23-9-8-22(30)25(31)26(23)32-33-34;1-21(26)10-11-23(14-27-3)15(12-21)4-5-16-17-6-7-19(20(25)13-24)22(17,2)9-8-18(16)23;7-3-1-2-4-6(5(3)8)10-11-9-4;;;/h8-9,17-21,36H,4-7,10-16H2,1-3H3;15-19,26H,4-14H2,1-3H3;1-2H,(H,9,10,11);3*1H4/t17-,18-,19-,20-,21+,27+,28-,29+;15-,16-,17-,18-,19+,21+,22-,23+;;;;/m00..../s1. The van der Waals surface area contributed by atoms with Gasteiger partial charge in [-0.25, -0.2) is 13.5 Å². The van der Waals surface area contributed by atoms with E-state index in [9.17, 15) is 28.6 Å². The van der Waals surface area contributed by atoms with E-state index >= 15 is 0 Å². The highest BCUT2D eigenvalue weighted by atomic mass is 79.9. The van der Waals surface area contributed by atoms with Gasteiger partial charge in [-0.15, -0.1) is 5.10 Å². The first kappa shape index (κ1) is 62.9. The number of carbonyl (C=O) groups is 2. The van der Waals surface area contributed by atoms with Gasteiger partial charge >= 0.3 is 0 Å². The molecule has 0 unspecified atom stereocenters. The summed E-state index contributed by atoms with van der Waals surface area (Å²) in [6.45, 7) is 10.5. The van der Waals surface area contributed by atoms with Crippen molar-refractivity contribution in [2.24, 2.45) is 80.8 Å². The minimum Gasteiger partial charge on any atom is -0.390 e. The average Bonchev–Trinajstić information content (AvgIpc) is 4.35. The average molecular weight is 1190 g/mol. The maximum atomic E-state index is 14.4. The van der Waals surface area contributed by atoms with Crippen molar-refractivity contribution in [3.05, 3.63) is 45.9 Å². The Bertz CT molecular complexity index is 2760. The number of aromatic amines is 1. The Balaban J connectivity index is 0.000000188. The van der Waals surface area contributed by atoms with Crippen molar-refractivity contribution in [1.82, 2.24) is 30.4 Å². The Hall–Kier alpha value is -2.66. The molecule has 78 heavy (non-hydrogen) atoms. The Kier molecular flexibility index (Phi) is 19.3. The number of methoxy groups -OCH3 is 2. The summed E-state index contributed by atoms with van der Waals surface area (Å²) in [7, 11) is 3.68. The molecule has 8 fully saturated rings. The zero-order valence-corrected chi connectivity index (χ0v) is 47.9. The van der Waals surface area contributed by atoms with Gasteiger partial charge in [-0.3, -0.25) is 9.59 Å². The molecule has 2 heterocycles. The lowest BCUT2D eigenvalue weighted by molar-refractivity contribution is -0.175. The van der Waals surface area contributed by atoms with Crippen molar-refractivity contribution >= 4 is 72.8 Å². The summed E-state index contributed by atoms with van der Waals surface area (Å²) in [5, 5.41) is 39.8. The highest BCUT2D eigenvalue weighted by Crippen LogP contribution is 2.70. The monoisotopic (exact) mass is 1190 g/mol. The van der Waals surface area contributed by atoms with Gasteiger partial charge < -0.3 is 19.7 Å². The van der Waals surface area contributed by atoms with Crippen LogP contribution >= 0.6 is 39.1 Å². The van der Waals surface area contributed by atoms with Crippen LogP contribution in [-0.4, -0.2) is 96.1 Å². The van der Waals surface area contributed by atoms with Gasteiger partial charge in [0.1, 0.15) is 28.9 Å². The zero-order chi connectivity index (χ0) is 53.5. The zero-order valence-electron chi connectivity index (χ0n) is 44.8. The summed E-state index contributed by atoms with van der Waals surface area (Å²) < 4.78 is 40.6. The maximum absolute atomic E-state index is 14.4. The van der Waals surface area contributed by atoms with E-state index in [1.54, 1.807) is 12.1 Å². The first-order chi connectivity index (χ1) is 35.7. The minimum absolute atomic E-state index is 0. The fraction of sp³-hybridized carbons (Fsp3) is 0.770. The molecule has 8 saturated carbocycles. The Morgan fingerprint density at radius 3 is 1.64 bits per heavy atom. The van der Waals surface area contributed by atoms with Crippen LogP contribution in [-0.2, 0) is 25.6 Å². The van der Waals surface area contributed by atoms with E-state index in [1.807, 2.05) is 28.1 Å². The number of nitrogens with zero attached hydrogens (tertiary/aromatic N) is 5. The summed E-state index contributed by atoms with van der Waals surface area (Å²) >= 11 is 14.8. The number of carbonyl (C=O) groups excluding carboxylic acids is 2. The van der Waals surface area contributed by atoms with E-state index in [2.05, 4.69) is 55.5 Å². The highest BCUT2D eigenvalue weighted by Gasteiger charge is 2.65. The number of Topliss-reactive ketones (excluding diaryl/α,β-unsaturated/α-hetero) is 2. The van der Waals surface area contributed by atoms with Crippen LogP contribution in [0.15, 0.2) is 24.3 Å². The molecule has 2 aromatic carbocycles. The molecule has 0 spiro atoms. The number of hydrogen-bond acceptors (Lipinski definition) is 10. The van der Waals surface area contributed by atoms with Crippen LogP contribution in [0.2, 0.25) is 10.0 Å². The van der Waals surface area contributed by atoms with Crippen molar-refractivity contribution in [1.29, 1.82) is 0 Å². The van der Waals surface area contributed by atoms with Gasteiger partial charge in [0.2, 0.25) is 0 Å². The maximum Gasteiger partial charge on any atom is 0.171 e. The fourth-order valence-corrected chi connectivity index (χ4v) is 19.6. The molecular weight excluding hydrogens is 1100 g/mol. The van der Waals surface area contributed by atoms with Gasteiger partial charge in [-0.05, 0) is 223 Å². The van der Waals surface area contributed by atoms with Crippen LogP contribution in [0.4, 0.5) is 8.78 Å². The van der Waals surface area contributed by atoms with Crippen molar-refractivity contribution < 1.29 is 38.1 Å². The van der Waals surface area contributed by atoms with Crippen LogP contribution in [0, 0.1) is 92.5 Å². The normalized spacial score (nSPS) is 39.1.